The number of carbonyl (C=O) groups is 2. The highest BCUT2D eigenvalue weighted by atomic mass is 35.5. The zero-order chi connectivity index (χ0) is 18.4. The van der Waals surface area contributed by atoms with Crippen molar-refractivity contribution < 1.29 is 18.9 Å². The molecule has 2 aromatic rings. The average molecular weight is 365 g/mol. The number of anilines is 2. The van der Waals surface area contributed by atoms with Crippen LogP contribution in [0.3, 0.4) is 0 Å². The molecular formula is C18H20ClFN3O2+. The fourth-order valence-electron chi connectivity index (χ4n) is 2.17. The first kappa shape index (κ1) is 18.9. The number of carbonyl (C=O) groups excluding carboxylic acids is 2. The van der Waals surface area contributed by atoms with Crippen molar-refractivity contribution in [1.82, 2.24) is 0 Å². The molecule has 0 aliphatic rings. The van der Waals surface area contributed by atoms with Crippen LogP contribution in [-0.2, 0) is 9.59 Å². The van der Waals surface area contributed by atoms with Gasteiger partial charge in [0.2, 0.25) is 0 Å². The van der Waals surface area contributed by atoms with E-state index in [1.807, 2.05) is 0 Å². The molecule has 7 heteroatoms. The number of quaternary nitrogens is 1. The Morgan fingerprint density at radius 3 is 2.40 bits per heavy atom. The van der Waals surface area contributed by atoms with Crippen LogP contribution >= 0.6 is 11.6 Å². The van der Waals surface area contributed by atoms with Gasteiger partial charge in [0.1, 0.15) is 5.82 Å². The molecule has 0 fully saturated rings. The molecule has 2 rings (SSSR count). The predicted molar refractivity (Wildman–Crippen MR) is 96.3 cm³/mol. The Kier molecular flexibility index (Phi) is 6.50. The number of likely N-dealkylation sites (N-methyl/N-ethyl adjacent to an activating group) is 1. The van der Waals surface area contributed by atoms with Crippen molar-refractivity contribution in [2.45, 2.75) is 13.0 Å². The van der Waals surface area contributed by atoms with E-state index < -0.39 is 6.04 Å². The number of hydrogen-bond acceptors (Lipinski definition) is 2. The second-order valence-corrected chi connectivity index (χ2v) is 6.18. The van der Waals surface area contributed by atoms with Gasteiger partial charge in [-0.2, -0.15) is 0 Å². The molecule has 0 saturated heterocycles. The first-order chi connectivity index (χ1) is 11.9. The first-order valence-corrected chi connectivity index (χ1v) is 8.17. The maximum absolute atomic E-state index is 12.9. The summed E-state index contributed by atoms with van der Waals surface area (Å²) in [4.78, 5) is 25.1. The number of rotatable bonds is 6. The molecule has 0 saturated carbocycles. The minimum Gasteiger partial charge on any atom is -0.321 e. The standard InChI is InChI=1S/C18H19ClFN3O2/c1-12(18(25)21-14-9-7-13(20)8-10-14)23(2)11-17(24)22-16-6-4-3-5-15(16)19/h3-10,12H,11H2,1-2H3,(H,21,25)(H,22,24)/p+1/t12-/m0/s1. The molecule has 3 N–H and O–H groups in total. The van der Waals surface area contributed by atoms with Crippen LogP contribution in [0.15, 0.2) is 48.5 Å². The molecule has 2 aromatic carbocycles. The van der Waals surface area contributed by atoms with Gasteiger partial charge in [-0.15, -0.1) is 0 Å². The zero-order valence-corrected chi connectivity index (χ0v) is 14.7. The molecule has 0 radical (unpaired) electrons. The van der Waals surface area contributed by atoms with Gasteiger partial charge in [0.15, 0.2) is 12.6 Å². The molecule has 0 aliphatic heterocycles. The summed E-state index contributed by atoms with van der Waals surface area (Å²) in [5.41, 5.74) is 1.04. The summed E-state index contributed by atoms with van der Waals surface area (Å²) in [6, 6.07) is 12.0. The van der Waals surface area contributed by atoms with Gasteiger partial charge in [0, 0.05) is 5.69 Å². The van der Waals surface area contributed by atoms with Gasteiger partial charge in [0.25, 0.3) is 11.8 Å². The molecule has 5 nitrogen and oxygen atoms in total. The van der Waals surface area contributed by atoms with E-state index in [-0.39, 0.29) is 24.2 Å². The van der Waals surface area contributed by atoms with E-state index >= 15 is 0 Å². The molecule has 0 spiro atoms. The summed E-state index contributed by atoms with van der Waals surface area (Å²) in [7, 11) is 1.75. The normalized spacial score (nSPS) is 13.0. The third-order valence-electron chi connectivity index (χ3n) is 3.83. The van der Waals surface area contributed by atoms with Gasteiger partial charge in [-0.3, -0.25) is 9.59 Å². The largest absolute Gasteiger partial charge is 0.321 e. The number of amides is 2. The van der Waals surface area contributed by atoms with Gasteiger partial charge in [-0.05, 0) is 43.3 Å². The summed E-state index contributed by atoms with van der Waals surface area (Å²) in [6.07, 6.45) is 0. The highest BCUT2D eigenvalue weighted by Crippen LogP contribution is 2.19. The first-order valence-electron chi connectivity index (χ1n) is 7.80. The lowest BCUT2D eigenvalue weighted by Gasteiger charge is -2.20. The Morgan fingerprint density at radius 2 is 1.76 bits per heavy atom. The molecule has 0 heterocycles. The molecule has 2 atom stereocenters. The van der Waals surface area contributed by atoms with E-state index in [1.165, 1.54) is 24.3 Å². The van der Waals surface area contributed by atoms with Crippen molar-refractivity contribution >= 4 is 34.8 Å². The Balaban J connectivity index is 1.89. The van der Waals surface area contributed by atoms with Crippen LogP contribution in [-0.4, -0.2) is 31.4 Å². The summed E-state index contributed by atoms with van der Waals surface area (Å²) in [6.45, 7) is 1.82. The smallest absolute Gasteiger partial charge is 0.282 e. The van der Waals surface area contributed by atoms with Crippen molar-refractivity contribution in [3.63, 3.8) is 0 Å². The van der Waals surface area contributed by atoms with E-state index in [4.69, 9.17) is 11.6 Å². The number of benzene rings is 2. The maximum atomic E-state index is 12.9. The molecule has 132 valence electrons. The molecule has 0 aromatic heterocycles. The lowest BCUT2D eigenvalue weighted by Crippen LogP contribution is -3.14. The van der Waals surface area contributed by atoms with Crippen LogP contribution in [0.2, 0.25) is 5.02 Å². The topological polar surface area (TPSA) is 62.6 Å². The van der Waals surface area contributed by atoms with Crippen LogP contribution in [0, 0.1) is 5.82 Å². The van der Waals surface area contributed by atoms with Crippen LogP contribution in [0.1, 0.15) is 6.92 Å². The Morgan fingerprint density at radius 1 is 1.12 bits per heavy atom. The fourth-order valence-corrected chi connectivity index (χ4v) is 2.35. The van der Waals surface area contributed by atoms with Gasteiger partial charge in [0.05, 0.1) is 17.8 Å². The van der Waals surface area contributed by atoms with Gasteiger partial charge in [-0.1, -0.05) is 23.7 Å². The number of para-hydroxylation sites is 1. The van der Waals surface area contributed by atoms with Crippen LogP contribution in [0.4, 0.5) is 15.8 Å². The molecular weight excluding hydrogens is 345 g/mol. The van der Waals surface area contributed by atoms with Gasteiger partial charge >= 0.3 is 0 Å². The minimum atomic E-state index is -0.470. The van der Waals surface area contributed by atoms with Crippen LogP contribution < -0.4 is 15.5 Å². The van der Waals surface area contributed by atoms with Crippen molar-refractivity contribution in [1.29, 1.82) is 0 Å². The Bertz CT molecular complexity index is 752. The summed E-state index contributed by atoms with van der Waals surface area (Å²) >= 11 is 6.01. The molecule has 0 aliphatic carbocycles. The lowest BCUT2D eigenvalue weighted by molar-refractivity contribution is -0.885. The van der Waals surface area contributed by atoms with Crippen molar-refractivity contribution in [3.8, 4) is 0 Å². The number of halogens is 2. The molecule has 0 bridgehead atoms. The van der Waals surface area contributed by atoms with E-state index in [0.717, 1.165) is 0 Å². The second-order valence-electron chi connectivity index (χ2n) is 5.77. The third kappa shape index (κ3) is 5.55. The third-order valence-corrected chi connectivity index (χ3v) is 4.16. The highest BCUT2D eigenvalue weighted by molar-refractivity contribution is 6.33. The van der Waals surface area contributed by atoms with E-state index in [2.05, 4.69) is 10.6 Å². The quantitative estimate of drug-likeness (QED) is 0.733. The fraction of sp³-hybridized carbons (Fsp3) is 0.222. The highest BCUT2D eigenvalue weighted by Gasteiger charge is 2.24. The Labute approximate surface area is 150 Å². The van der Waals surface area contributed by atoms with Crippen molar-refractivity contribution in [2.24, 2.45) is 0 Å². The summed E-state index contributed by atoms with van der Waals surface area (Å²) in [5.74, 6) is -0.869. The van der Waals surface area contributed by atoms with Crippen molar-refractivity contribution in [3.05, 3.63) is 59.4 Å². The monoisotopic (exact) mass is 364 g/mol. The van der Waals surface area contributed by atoms with Crippen molar-refractivity contribution in [2.75, 3.05) is 24.2 Å². The lowest BCUT2D eigenvalue weighted by atomic mass is 10.2. The second kappa shape index (κ2) is 8.60. The Hall–Kier alpha value is -2.44. The molecule has 25 heavy (non-hydrogen) atoms. The number of hydrogen-bond donors (Lipinski definition) is 3. The molecule has 2 amide bonds. The van der Waals surface area contributed by atoms with Crippen LogP contribution in [0.5, 0.6) is 0 Å². The van der Waals surface area contributed by atoms with Gasteiger partial charge < -0.3 is 15.5 Å². The van der Waals surface area contributed by atoms with E-state index in [9.17, 15) is 14.0 Å². The minimum absolute atomic E-state index is 0.100. The number of nitrogens with one attached hydrogen (secondary N) is 3. The van der Waals surface area contributed by atoms with E-state index in [0.29, 0.717) is 21.3 Å². The van der Waals surface area contributed by atoms with Crippen LogP contribution in [0.25, 0.3) is 0 Å². The summed E-state index contributed by atoms with van der Waals surface area (Å²) < 4.78 is 12.9. The van der Waals surface area contributed by atoms with Gasteiger partial charge in [-0.25, -0.2) is 4.39 Å². The van der Waals surface area contributed by atoms with E-state index in [1.54, 1.807) is 38.2 Å². The SMILES string of the molecule is C[C@@H](C(=O)Nc1ccc(F)cc1)[NH+](C)CC(=O)Nc1ccccc1Cl. The zero-order valence-electron chi connectivity index (χ0n) is 14.0. The maximum Gasteiger partial charge on any atom is 0.282 e. The molecule has 1 unspecified atom stereocenters. The average Bonchev–Trinajstić information content (AvgIpc) is 2.58. The predicted octanol–water partition coefficient (Wildman–Crippen LogP) is 1.96. The summed E-state index contributed by atoms with van der Waals surface area (Å²) in [5, 5.41) is 5.88.